The van der Waals surface area contributed by atoms with E-state index < -0.39 is 0 Å². The number of halogens is 1. The number of aromatic nitrogens is 2. The average molecular weight is 263 g/mol. The van der Waals surface area contributed by atoms with Crippen LogP contribution in [-0.2, 0) is 4.74 Å². The zero-order chi connectivity index (χ0) is 13.7. The third-order valence-electron chi connectivity index (χ3n) is 2.81. The van der Waals surface area contributed by atoms with Crippen LogP contribution in [0.3, 0.4) is 0 Å². The average Bonchev–Trinajstić information content (AvgIpc) is 2.86. The smallest absolute Gasteiger partial charge is 0.207 e. The SMILES string of the molecule is COCCCNc1nccn1-c1cc(C)ccc1F. The van der Waals surface area contributed by atoms with Crippen LogP contribution in [-0.4, -0.2) is 29.8 Å². The summed E-state index contributed by atoms with van der Waals surface area (Å²) in [5.74, 6) is 0.379. The Balaban J connectivity index is 2.16. The number of hydrogen-bond acceptors (Lipinski definition) is 3. The molecule has 1 N–H and O–H groups in total. The topological polar surface area (TPSA) is 39.1 Å². The van der Waals surface area contributed by atoms with Crippen molar-refractivity contribution in [2.45, 2.75) is 13.3 Å². The summed E-state index contributed by atoms with van der Waals surface area (Å²) in [6.07, 6.45) is 4.27. The van der Waals surface area contributed by atoms with Crippen LogP contribution < -0.4 is 5.32 Å². The molecule has 19 heavy (non-hydrogen) atoms. The summed E-state index contributed by atoms with van der Waals surface area (Å²) >= 11 is 0. The maximum absolute atomic E-state index is 13.9. The molecular weight excluding hydrogens is 245 g/mol. The number of imidazole rings is 1. The number of benzene rings is 1. The zero-order valence-corrected chi connectivity index (χ0v) is 11.2. The standard InChI is InChI=1S/C14H18FN3O/c1-11-4-5-12(15)13(10-11)18-8-7-17-14(18)16-6-3-9-19-2/h4-5,7-8,10H,3,6,9H2,1-2H3,(H,16,17). The van der Waals surface area contributed by atoms with E-state index >= 15 is 0 Å². The van der Waals surface area contributed by atoms with Gasteiger partial charge in [0, 0.05) is 32.7 Å². The van der Waals surface area contributed by atoms with Crippen LogP contribution in [0, 0.1) is 12.7 Å². The van der Waals surface area contributed by atoms with Gasteiger partial charge in [-0.15, -0.1) is 0 Å². The van der Waals surface area contributed by atoms with E-state index in [1.165, 1.54) is 6.07 Å². The molecule has 0 aliphatic heterocycles. The van der Waals surface area contributed by atoms with Crippen molar-refractivity contribution in [3.05, 3.63) is 42.0 Å². The number of aryl methyl sites for hydroxylation is 1. The summed E-state index contributed by atoms with van der Waals surface area (Å²) in [5.41, 5.74) is 1.52. The maximum atomic E-state index is 13.9. The lowest BCUT2D eigenvalue weighted by atomic mass is 10.2. The molecule has 0 saturated carbocycles. The molecule has 0 bridgehead atoms. The summed E-state index contributed by atoms with van der Waals surface area (Å²) in [6.45, 7) is 3.36. The first kappa shape index (κ1) is 13.5. The molecule has 0 radical (unpaired) electrons. The van der Waals surface area contributed by atoms with Crippen LogP contribution in [0.2, 0.25) is 0 Å². The first-order valence-corrected chi connectivity index (χ1v) is 6.25. The molecule has 0 aliphatic carbocycles. The summed E-state index contributed by atoms with van der Waals surface area (Å²) in [4.78, 5) is 4.21. The fourth-order valence-electron chi connectivity index (χ4n) is 1.85. The molecule has 0 spiro atoms. The second-order valence-electron chi connectivity index (χ2n) is 4.35. The number of methoxy groups -OCH3 is 1. The van der Waals surface area contributed by atoms with Gasteiger partial charge >= 0.3 is 0 Å². The Bertz CT molecular complexity index is 539. The summed E-state index contributed by atoms with van der Waals surface area (Å²) in [6, 6.07) is 5.03. The number of hydrogen-bond donors (Lipinski definition) is 1. The third kappa shape index (κ3) is 3.32. The van der Waals surface area contributed by atoms with Crippen LogP contribution in [0.15, 0.2) is 30.6 Å². The van der Waals surface area contributed by atoms with Crippen LogP contribution in [0.1, 0.15) is 12.0 Å². The molecule has 5 heteroatoms. The minimum atomic E-state index is -0.261. The minimum Gasteiger partial charge on any atom is -0.385 e. The highest BCUT2D eigenvalue weighted by Gasteiger charge is 2.09. The predicted molar refractivity (Wildman–Crippen MR) is 73.2 cm³/mol. The highest BCUT2D eigenvalue weighted by molar-refractivity contribution is 5.44. The second kappa shape index (κ2) is 6.33. The Morgan fingerprint density at radius 1 is 1.42 bits per heavy atom. The van der Waals surface area contributed by atoms with E-state index in [0.29, 0.717) is 18.2 Å². The van der Waals surface area contributed by atoms with Gasteiger partial charge in [-0.2, -0.15) is 0 Å². The van der Waals surface area contributed by atoms with Gasteiger partial charge in [-0.3, -0.25) is 4.57 Å². The molecule has 1 heterocycles. The van der Waals surface area contributed by atoms with Crippen LogP contribution in [0.4, 0.5) is 10.3 Å². The van der Waals surface area contributed by atoms with E-state index in [1.54, 1.807) is 36.2 Å². The summed E-state index contributed by atoms with van der Waals surface area (Å²) < 4.78 is 20.6. The first-order valence-electron chi connectivity index (χ1n) is 6.25. The quantitative estimate of drug-likeness (QED) is 0.814. The minimum absolute atomic E-state index is 0.261. The van der Waals surface area contributed by atoms with Crippen molar-refractivity contribution in [2.75, 3.05) is 25.6 Å². The molecule has 0 atom stereocenters. The molecule has 2 rings (SSSR count). The van der Waals surface area contributed by atoms with E-state index in [9.17, 15) is 4.39 Å². The fourth-order valence-corrected chi connectivity index (χ4v) is 1.85. The van der Waals surface area contributed by atoms with Gasteiger partial charge in [-0.1, -0.05) is 6.07 Å². The highest BCUT2D eigenvalue weighted by atomic mass is 19.1. The monoisotopic (exact) mass is 263 g/mol. The van der Waals surface area contributed by atoms with Crippen molar-refractivity contribution >= 4 is 5.95 Å². The molecule has 2 aromatic rings. The molecule has 1 aromatic heterocycles. The van der Waals surface area contributed by atoms with Gasteiger partial charge in [-0.25, -0.2) is 9.37 Å². The predicted octanol–water partition coefficient (Wildman–Crippen LogP) is 2.77. The highest BCUT2D eigenvalue weighted by Crippen LogP contribution is 2.19. The summed E-state index contributed by atoms with van der Waals surface area (Å²) in [5, 5.41) is 3.18. The molecule has 0 saturated heterocycles. The number of nitrogens with zero attached hydrogens (tertiary/aromatic N) is 2. The third-order valence-corrected chi connectivity index (χ3v) is 2.81. The van der Waals surface area contributed by atoms with Crippen molar-refractivity contribution < 1.29 is 9.13 Å². The Hall–Kier alpha value is -1.88. The van der Waals surface area contributed by atoms with Gasteiger partial charge in [0.2, 0.25) is 5.95 Å². The Labute approximate surface area is 112 Å². The van der Waals surface area contributed by atoms with E-state index in [2.05, 4.69) is 10.3 Å². The van der Waals surface area contributed by atoms with Gasteiger partial charge < -0.3 is 10.1 Å². The lowest BCUT2D eigenvalue weighted by Gasteiger charge is -2.11. The number of anilines is 1. The number of rotatable bonds is 6. The van der Waals surface area contributed by atoms with E-state index in [4.69, 9.17) is 4.74 Å². The largest absolute Gasteiger partial charge is 0.385 e. The number of nitrogens with one attached hydrogen (secondary N) is 1. The fraction of sp³-hybridized carbons (Fsp3) is 0.357. The lowest BCUT2D eigenvalue weighted by molar-refractivity contribution is 0.197. The van der Waals surface area contributed by atoms with Gasteiger partial charge in [0.15, 0.2) is 0 Å². The molecule has 0 amide bonds. The molecular formula is C14H18FN3O. The van der Waals surface area contributed by atoms with Crippen molar-refractivity contribution in [1.29, 1.82) is 0 Å². The van der Waals surface area contributed by atoms with Crippen molar-refractivity contribution in [3.8, 4) is 5.69 Å². The molecule has 0 unspecified atom stereocenters. The Morgan fingerprint density at radius 3 is 3.05 bits per heavy atom. The Morgan fingerprint density at radius 2 is 2.26 bits per heavy atom. The van der Waals surface area contributed by atoms with Crippen molar-refractivity contribution in [3.63, 3.8) is 0 Å². The van der Waals surface area contributed by atoms with Crippen LogP contribution in [0.5, 0.6) is 0 Å². The van der Waals surface area contributed by atoms with Gasteiger partial charge in [0.1, 0.15) is 5.82 Å². The van der Waals surface area contributed by atoms with Gasteiger partial charge in [-0.05, 0) is 31.0 Å². The molecule has 0 aliphatic rings. The van der Waals surface area contributed by atoms with Crippen LogP contribution in [0.25, 0.3) is 5.69 Å². The first-order chi connectivity index (χ1) is 9.22. The van der Waals surface area contributed by atoms with E-state index in [0.717, 1.165) is 18.5 Å². The van der Waals surface area contributed by atoms with Gasteiger partial charge in [0.25, 0.3) is 0 Å². The second-order valence-corrected chi connectivity index (χ2v) is 4.35. The van der Waals surface area contributed by atoms with E-state index in [-0.39, 0.29) is 5.82 Å². The lowest BCUT2D eigenvalue weighted by Crippen LogP contribution is -2.10. The molecule has 1 aromatic carbocycles. The zero-order valence-electron chi connectivity index (χ0n) is 11.2. The summed E-state index contributed by atoms with van der Waals surface area (Å²) in [7, 11) is 1.67. The Kier molecular flexibility index (Phi) is 4.52. The normalized spacial score (nSPS) is 10.7. The van der Waals surface area contributed by atoms with Gasteiger partial charge in [0.05, 0.1) is 5.69 Å². The molecule has 0 fully saturated rings. The maximum Gasteiger partial charge on any atom is 0.207 e. The van der Waals surface area contributed by atoms with Crippen molar-refractivity contribution in [2.24, 2.45) is 0 Å². The number of ether oxygens (including phenoxy) is 1. The molecule has 4 nitrogen and oxygen atoms in total. The molecule has 102 valence electrons. The van der Waals surface area contributed by atoms with E-state index in [1.807, 2.05) is 6.92 Å². The van der Waals surface area contributed by atoms with Crippen LogP contribution >= 0.6 is 0 Å². The van der Waals surface area contributed by atoms with Crippen molar-refractivity contribution in [1.82, 2.24) is 9.55 Å².